The van der Waals surface area contributed by atoms with E-state index in [0.717, 1.165) is 0 Å². The number of phenolic OH excluding ortho intramolecular Hbond substituents is 2. The zero-order valence-corrected chi connectivity index (χ0v) is 16.2. The lowest BCUT2D eigenvalue weighted by Gasteiger charge is -2.17. The number of benzene rings is 4. The third-order valence-corrected chi connectivity index (χ3v) is 4.94. The molecule has 0 spiro atoms. The average Bonchev–Trinajstić information content (AvgIpc) is 2.79. The van der Waals surface area contributed by atoms with Gasteiger partial charge < -0.3 is 29.9 Å². The molecule has 4 rings (SSSR count). The summed E-state index contributed by atoms with van der Waals surface area (Å²) in [6.07, 6.45) is 0. The molecule has 6 nitrogen and oxygen atoms in total. The van der Waals surface area contributed by atoms with E-state index in [9.17, 15) is 20.4 Å². The Labute approximate surface area is 173 Å². The molecule has 0 aliphatic carbocycles. The fourth-order valence-corrected chi connectivity index (χ4v) is 3.61. The highest BCUT2D eigenvalue weighted by molar-refractivity contribution is 6.04. The van der Waals surface area contributed by atoms with Crippen LogP contribution in [0.1, 0.15) is 0 Å². The number of rotatable bonds is 7. The zero-order chi connectivity index (χ0) is 21.1. The topological polar surface area (TPSA) is 99.4 Å². The first-order valence-electron chi connectivity index (χ1n) is 9.62. The van der Waals surface area contributed by atoms with Crippen LogP contribution in [0.2, 0.25) is 0 Å². The second-order valence-corrected chi connectivity index (χ2v) is 6.78. The van der Waals surface area contributed by atoms with Gasteiger partial charge in [-0.3, -0.25) is 0 Å². The Morgan fingerprint density at radius 2 is 0.933 bits per heavy atom. The smallest absolute Gasteiger partial charge is 0.131 e. The standard InChI is InChI=1S/C24H22O6/c25-9-11-29-21-13-19(23(27)17-7-3-1-5-15(17)21)20-14-22(30-12-10-26)16-6-2-4-8-18(16)24(20)28/h1-8,13-14,25-28H,9-12H2. The van der Waals surface area contributed by atoms with E-state index in [2.05, 4.69) is 0 Å². The van der Waals surface area contributed by atoms with Crippen LogP contribution in [0.3, 0.4) is 0 Å². The van der Waals surface area contributed by atoms with Crippen LogP contribution in [0.25, 0.3) is 32.7 Å². The first-order valence-corrected chi connectivity index (χ1v) is 9.62. The van der Waals surface area contributed by atoms with Crippen LogP contribution >= 0.6 is 0 Å². The van der Waals surface area contributed by atoms with Crippen molar-refractivity contribution in [3.8, 4) is 34.1 Å². The number of aliphatic hydroxyl groups excluding tert-OH is 2. The first-order chi connectivity index (χ1) is 14.7. The molecule has 0 aliphatic rings. The van der Waals surface area contributed by atoms with Crippen molar-refractivity contribution in [1.29, 1.82) is 0 Å². The Balaban J connectivity index is 2.00. The molecular weight excluding hydrogens is 384 g/mol. The van der Waals surface area contributed by atoms with Crippen LogP contribution in [-0.2, 0) is 0 Å². The Hall–Kier alpha value is -3.48. The van der Waals surface area contributed by atoms with Gasteiger partial charge in [-0.05, 0) is 12.1 Å². The van der Waals surface area contributed by atoms with Gasteiger partial charge in [0.05, 0.1) is 13.2 Å². The highest BCUT2D eigenvalue weighted by atomic mass is 16.5. The highest BCUT2D eigenvalue weighted by Crippen LogP contribution is 2.47. The van der Waals surface area contributed by atoms with Crippen molar-refractivity contribution in [2.45, 2.75) is 0 Å². The van der Waals surface area contributed by atoms with Crippen molar-refractivity contribution in [1.82, 2.24) is 0 Å². The van der Waals surface area contributed by atoms with E-state index in [4.69, 9.17) is 9.47 Å². The van der Waals surface area contributed by atoms with Crippen LogP contribution < -0.4 is 9.47 Å². The number of ether oxygens (including phenoxy) is 2. The van der Waals surface area contributed by atoms with Crippen molar-refractivity contribution in [2.75, 3.05) is 26.4 Å². The van der Waals surface area contributed by atoms with Crippen LogP contribution in [0.5, 0.6) is 23.0 Å². The minimum Gasteiger partial charge on any atom is -0.507 e. The average molecular weight is 406 g/mol. The SMILES string of the molecule is OCCOc1cc(-c2cc(OCCO)c3ccccc3c2O)c(O)c2ccccc12. The van der Waals surface area contributed by atoms with Crippen LogP contribution in [0, 0.1) is 0 Å². The summed E-state index contributed by atoms with van der Waals surface area (Å²) in [6.45, 7) is -0.0959. The lowest BCUT2D eigenvalue weighted by Crippen LogP contribution is -2.03. The number of aliphatic hydroxyl groups is 2. The maximum Gasteiger partial charge on any atom is 0.131 e. The maximum atomic E-state index is 11.0. The predicted octanol–water partition coefficient (Wildman–Crippen LogP) is 3.81. The molecule has 0 amide bonds. The normalized spacial score (nSPS) is 11.1. The van der Waals surface area contributed by atoms with Crippen molar-refractivity contribution in [3.05, 3.63) is 60.7 Å². The first kappa shape index (κ1) is 19.8. The van der Waals surface area contributed by atoms with Crippen molar-refractivity contribution in [2.24, 2.45) is 0 Å². The number of hydrogen-bond acceptors (Lipinski definition) is 6. The van der Waals surface area contributed by atoms with Gasteiger partial charge in [0.1, 0.15) is 36.2 Å². The van der Waals surface area contributed by atoms with E-state index < -0.39 is 0 Å². The van der Waals surface area contributed by atoms with Gasteiger partial charge >= 0.3 is 0 Å². The van der Waals surface area contributed by atoms with E-state index in [-0.39, 0.29) is 37.9 Å². The summed E-state index contributed by atoms with van der Waals surface area (Å²) in [5.74, 6) is 0.969. The summed E-state index contributed by atoms with van der Waals surface area (Å²) in [7, 11) is 0. The Bertz CT molecular complexity index is 1110. The zero-order valence-electron chi connectivity index (χ0n) is 16.2. The van der Waals surface area contributed by atoms with Crippen molar-refractivity contribution in [3.63, 3.8) is 0 Å². The van der Waals surface area contributed by atoms with Gasteiger partial charge in [0, 0.05) is 32.7 Å². The molecule has 0 heterocycles. The predicted molar refractivity (Wildman–Crippen MR) is 115 cm³/mol. The van der Waals surface area contributed by atoms with Gasteiger partial charge in [0.15, 0.2) is 0 Å². The summed E-state index contributed by atoms with van der Waals surface area (Å²) in [4.78, 5) is 0. The molecular formula is C24H22O6. The summed E-state index contributed by atoms with van der Waals surface area (Å²) in [5, 5.41) is 42.9. The molecule has 0 atom stereocenters. The molecule has 4 N–H and O–H groups in total. The molecule has 0 bridgehead atoms. The third-order valence-electron chi connectivity index (χ3n) is 4.94. The van der Waals surface area contributed by atoms with Gasteiger partial charge in [0.25, 0.3) is 0 Å². The molecule has 0 aliphatic heterocycles. The molecule has 0 radical (unpaired) electrons. The highest BCUT2D eigenvalue weighted by Gasteiger charge is 2.20. The second kappa shape index (κ2) is 8.49. The molecule has 4 aromatic carbocycles. The Kier molecular flexibility index (Phi) is 5.61. The van der Waals surface area contributed by atoms with Crippen LogP contribution in [0.4, 0.5) is 0 Å². The molecule has 0 aromatic heterocycles. The van der Waals surface area contributed by atoms with Gasteiger partial charge in [-0.1, -0.05) is 48.5 Å². The van der Waals surface area contributed by atoms with Crippen LogP contribution in [-0.4, -0.2) is 46.9 Å². The van der Waals surface area contributed by atoms with Gasteiger partial charge in [-0.25, -0.2) is 0 Å². The summed E-state index contributed by atoms with van der Waals surface area (Å²) >= 11 is 0. The van der Waals surface area contributed by atoms with E-state index in [1.807, 2.05) is 24.3 Å². The number of fused-ring (bicyclic) bond motifs is 2. The van der Waals surface area contributed by atoms with Gasteiger partial charge in [-0.15, -0.1) is 0 Å². The van der Waals surface area contributed by atoms with Crippen molar-refractivity contribution < 1.29 is 29.9 Å². The van der Waals surface area contributed by atoms with E-state index >= 15 is 0 Å². The third kappa shape index (κ3) is 3.47. The second-order valence-electron chi connectivity index (χ2n) is 6.78. The van der Waals surface area contributed by atoms with E-state index in [0.29, 0.717) is 44.2 Å². The van der Waals surface area contributed by atoms with Gasteiger partial charge in [0.2, 0.25) is 0 Å². The fourth-order valence-electron chi connectivity index (χ4n) is 3.61. The number of phenols is 2. The van der Waals surface area contributed by atoms with Crippen molar-refractivity contribution >= 4 is 21.5 Å². The monoisotopic (exact) mass is 406 g/mol. The molecule has 0 saturated heterocycles. The Morgan fingerprint density at radius 3 is 1.30 bits per heavy atom. The Morgan fingerprint density at radius 1 is 0.567 bits per heavy atom. The van der Waals surface area contributed by atoms with E-state index in [1.54, 1.807) is 36.4 Å². The lowest BCUT2D eigenvalue weighted by molar-refractivity contribution is 0.202. The fraction of sp³-hybridized carbons (Fsp3) is 0.167. The summed E-state index contributed by atoms with van der Waals surface area (Å²) in [5.41, 5.74) is 0.748. The number of hydrogen-bond donors (Lipinski definition) is 4. The molecule has 154 valence electrons. The van der Waals surface area contributed by atoms with Gasteiger partial charge in [-0.2, -0.15) is 0 Å². The maximum absolute atomic E-state index is 11.0. The lowest BCUT2D eigenvalue weighted by atomic mass is 9.95. The largest absolute Gasteiger partial charge is 0.507 e. The molecule has 4 aromatic rings. The molecule has 30 heavy (non-hydrogen) atoms. The minimum atomic E-state index is -0.148. The molecule has 0 fully saturated rings. The molecule has 0 saturated carbocycles. The van der Waals surface area contributed by atoms with E-state index in [1.165, 1.54) is 0 Å². The summed E-state index contributed by atoms with van der Waals surface area (Å²) < 4.78 is 11.4. The summed E-state index contributed by atoms with van der Waals surface area (Å²) in [6, 6.07) is 17.7. The molecule has 0 unspecified atom stereocenters. The van der Waals surface area contributed by atoms with Crippen LogP contribution in [0.15, 0.2) is 60.7 Å². The number of aromatic hydroxyl groups is 2. The molecule has 6 heteroatoms. The minimum absolute atomic E-state index is 0.000591. The quantitative estimate of drug-likeness (QED) is 0.372.